The Kier molecular flexibility index (Phi) is 5.35. The minimum absolute atomic E-state index is 0.0785. The number of anilines is 1. The van der Waals surface area contributed by atoms with Gasteiger partial charge in [0.15, 0.2) is 0 Å². The van der Waals surface area contributed by atoms with Gasteiger partial charge >= 0.3 is 0 Å². The van der Waals surface area contributed by atoms with Gasteiger partial charge in [0.25, 0.3) is 0 Å². The molecule has 1 amide bonds. The van der Waals surface area contributed by atoms with Crippen LogP contribution < -0.4 is 4.90 Å². The number of aryl methyl sites for hydroxylation is 1. The summed E-state index contributed by atoms with van der Waals surface area (Å²) in [6.45, 7) is 4.92. The van der Waals surface area contributed by atoms with Gasteiger partial charge in [0, 0.05) is 31.9 Å². The third-order valence-electron chi connectivity index (χ3n) is 5.07. The average Bonchev–Trinajstić information content (AvgIpc) is 3.09. The van der Waals surface area contributed by atoms with Crippen LogP contribution in [0.5, 0.6) is 0 Å². The number of hydrogen-bond donors (Lipinski definition) is 0. The Morgan fingerprint density at radius 2 is 1.71 bits per heavy atom. The summed E-state index contributed by atoms with van der Waals surface area (Å²) in [5.41, 5.74) is 2.61. The predicted octanol–water partition coefficient (Wildman–Crippen LogP) is 4.19. The number of rotatable bonds is 4. The van der Waals surface area contributed by atoms with Crippen molar-refractivity contribution in [2.75, 3.05) is 31.1 Å². The number of piperazine rings is 1. The van der Waals surface area contributed by atoms with Gasteiger partial charge in [0.1, 0.15) is 5.76 Å². The van der Waals surface area contributed by atoms with Crippen LogP contribution in [-0.2, 0) is 11.2 Å². The highest BCUT2D eigenvalue weighted by Gasteiger charge is 2.23. The Morgan fingerprint density at radius 3 is 2.43 bits per heavy atom. The molecule has 1 aliphatic rings. The van der Waals surface area contributed by atoms with Crippen LogP contribution in [0.2, 0.25) is 5.02 Å². The first kappa shape index (κ1) is 18.6. The number of hydrogen-bond acceptors (Lipinski definition) is 4. The average molecular weight is 396 g/mol. The van der Waals surface area contributed by atoms with E-state index < -0.39 is 0 Å². The second-order valence-electron chi connectivity index (χ2n) is 6.88. The monoisotopic (exact) mass is 395 g/mol. The number of nitrogens with zero attached hydrogens (tertiary/aromatic N) is 3. The van der Waals surface area contributed by atoms with Gasteiger partial charge in [-0.25, -0.2) is 4.98 Å². The number of para-hydroxylation sites is 1. The second kappa shape index (κ2) is 8.07. The van der Waals surface area contributed by atoms with Gasteiger partial charge in [0.2, 0.25) is 11.8 Å². The summed E-state index contributed by atoms with van der Waals surface area (Å²) in [5, 5.41) is 0.582. The molecular formula is C22H22ClN3O2. The van der Waals surface area contributed by atoms with Crippen LogP contribution in [0.4, 0.5) is 5.69 Å². The highest BCUT2D eigenvalue weighted by molar-refractivity contribution is 6.33. The van der Waals surface area contributed by atoms with Gasteiger partial charge in [0.05, 0.1) is 22.7 Å². The van der Waals surface area contributed by atoms with Crippen molar-refractivity contribution in [2.24, 2.45) is 0 Å². The maximum Gasteiger partial charge on any atom is 0.228 e. The third kappa shape index (κ3) is 3.90. The summed E-state index contributed by atoms with van der Waals surface area (Å²) in [7, 11) is 0. The molecule has 0 atom stereocenters. The number of aromatic nitrogens is 1. The van der Waals surface area contributed by atoms with Crippen molar-refractivity contribution in [2.45, 2.75) is 13.3 Å². The Bertz CT molecular complexity index is 963. The van der Waals surface area contributed by atoms with Crippen LogP contribution in [0, 0.1) is 6.92 Å². The van der Waals surface area contributed by atoms with Gasteiger partial charge in [-0.05, 0) is 31.2 Å². The molecule has 28 heavy (non-hydrogen) atoms. The van der Waals surface area contributed by atoms with Gasteiger partial charge in [-0.15, -0.1) is 0 Å². The van der Waals surface area contributed by atoms with E-state index in [1.165, 1.54) is 5.69 Å². The van der Waals surface area contributed by atoms with Crippen LogP contribution >= 0.6 is 11.6 Å². The highest BCUT2D eigenvalue weighted by Crippen LogP contribution is 2.28. The van der Waals surface area contributed by atoms with E-state index in [2.05, 4.69) is 22.0 Å². The second-order valence-corrected chi connectivity index (χ2v) is 7.29. The molecule has 4 rings (SSSR count). The first-order chi connectivity index (χ1) is 13.6. The summed E-state index contributed by atoms with van der Waals surface area (Å²) in [6.07, 6.45) is 0.241. The van der Waals surface area contributed by atoms with E-state index in [1.54, 1.807) is 6.07 Å². The molecule has 2 aromatic carbocycles. The molecule has 0 unspecified atom stereocenters. The first-order valence-corrected chi connectivity index (χ1v) is 9.78. The molecule has 0 spiro atoms. The first-order valence-electron chi connectivity index (χ1n) is 9.41. The lowest BCUT2D eigenvalue weighted by Gasteiger charge is -2.36. The predicted molar refractivity (Wildman–Crippen MR) is 111 cm³/mol. The number of amides is 1. The molecule has 1 aromatic heterocycles. The molecule has 6 heteroatoms. The van der Waals surface area contributed by atoms with Crippen LogP contribution in [0.1, 0.15) is 11.5 Å². The topological polar surface area (TPSA) is 49.6 Å². The van der Waals surface area contributed by atoms with Crippen molar-refractivity contribution >= 4 is 23.2 Å². The molecule has 0 bridgehead atoms. The molecule has 0 N–H and O–H groups in total. The van der Waals surface area contributed by atoms with Crippen molar-refractivity contribution in [3.8, 4) is 11.5 Å². The molecular weight excluding hydrogens is 374 g/mol. The molecule has 2 heterocycles. The molecule has 144 valence electrons. The number of oxazole rings is 1. The maximum atomic E-state index is 12.8. The van der Waals surface area contributed by atoms with E-state index in [1.807, 2.05) is 48.2 Å². The third-order valence-corrected chi connectivity index (χ3v) is 5.40. The molecule has 3 aromatic rings. The lowest BCUT2D eigenvalue weighted by molar-refractivity contribution is -0.130. The maximum absolute atomic E-state index is 12.8. The van der Waals surface area contributed by atoms with Crippen molar-refractivity contribution in [3.05, 3.63) is 71.1 Å². The van der Waals surface area contributed by atoms with E-state index in [9.17, 15) is 4.79 Å². The number of carbonyl (C=O) groups is 1. The Labute approximate surface area is 169 Å². The quantitative estimate of drug-likeness (QED) is 0.664. The zero-order chi connectivity index (χ0) is 19.5. The van der Waals surface area contributed by atoms with Crippen molar-refractivity contribution in [1.82, 2.24) is 9.88 Å². The van der Waals surface area contributed by atoms with Crippen LogP contribution in [0.25, 0.3) is 11.5 Å². The zero-order valence-electron chi connectivity index (χ0n) is 15.8. The van der Waals surface area contributed by atoms with E-state index in [0.717, 1.165) is 18.7 Å². The standard InChI is InChI=1S/C22H22ClN3O2/c1-16-20(24-22(28-16)18-9-5-6-10-19(18)23)15-21(27)26-13-11-25(12-14-26)17-7-3-2-4-8-17/h2-10H,11-15H2,1H3. The Balaban J connectivity index is 1.40. The molecule has 5 nitrogen and oxygen atoms in total. The Morgan fingerprint density at radius 1 is 1.04 bits per heavy atom. The van der Waals surface area contributed by atoms with Crippen molar-refractivity contribution in [1.29, 1.82) is 0 Å². The highest BCUT2D eigenvalue weighted by atomic mass is 35.5. The number of halogens is 1. The molecule has 1 aliphatic heterocycles. The summed E-state index contributed by atoms with van der Waals surface area (Å²) in [5.74, 6) is 1.20. The molecule has 0 aliphatic carbocycles. The summed E-state index contributed by atoms with van der Waals surface area (Å²) >= 11 is 6.23. The lowest BCUT2D eigenvalue weighted by Crippen LogP contribution is -2.49. The van der Waals surface area contributed by atoms with E-state index in [-0.39, 0.29) is 12.3 Å². The fourth-order valence-electron chi connectivity index (χ4n) is 3.45. The van der Waals surface area contributed by atoms with E-state index in [0.29, 0.717) is 35.5 Å². The van der Waals surface area contributed by atoms with Gasteiger partial charge in [-0.2, -0.15) is 0 Å². The number of benzene rings is 2. The molecule has 0 saturated carbocycles. The molecule has 1 saturated heterocycles. The van der Waals surface area contributed by atoms with Crippen molar-refractivity contribution in [3.63, 3.8) is 0 Å². The lowest BCUT2D eigenvalue weighted by atomic mass is 10.2. The normalized spacial score (nSPS) is 14.4. The van der Waals surface area contributed by atoms with Crippen LogP contribution in [0.3, 0.4) is 0 Å². The van der Waals surface area contributed by atoms with Gasteiger partial charge in [-0.3, -0.25) is 4.79 Å². The molecule has 1 fully saturated rings. The molecule has 0 radical (unpaired) electrons. The van der Waals surface area contributed by atoms with Gasteiger partial charge in [-0.1, -0.05) is 41.9 Å². The Hall–Kier alpha value is -2.79. The SMILES string of the molecule is Cc1oc(-c2ccccc2Cl)nc1CC(=O)N1CCN(c2ccccc2)CC1. The van der Waals surface area contributed by atoms with E-state index >= 15 is 0 Å². The number of carbonyl (C=O) groups excluding carboxylic acids is 1. The summed E-state index contributed by atoms with van der Waals surface area (Å²) in [6, 6.07) is 17.7. The summed E-state index contributed by atoms with van der Waals surface area (Å²) in [4.78, 5) is 21.5. The fourth-order valence-corrected chi connectivity index (χ4v) is 3.67. The van der Waals surface area contributed by atoms with Crippen LogP contribution in [0.15, 0.2) is 59.0 Å². The zero-order valence-corrected chi connectivity index (χ0v) is 16.5. The van der Waals surface area contributed by atoms with Gasteiger partial charge < -0.3 is 14.2 Å². The minimum atomic E-state index is 0.0785. The minimum Gasteiger partial charge on any atom is -0.441 e. The van der Waals surface area contributed by atoms with Crippen molar-refractivity contribution < 1.29 is 9.21 Å². The van der Waals surface area contributed by atoms with E-state index in [4.69, 9.17) is 16.0 Å². The van der Waals surface area contributed by atoms with Crippen LogP contribution in [-0.4, -0.2) is 42.0 Å². The smallest absolute Gasteiger partial charge is 0.228 e. The largest absolute Gasteiger partial charge is 0.441 e. The summed E-state index contributed by atoms with van der Waals surface area (Å²) < 4.78 is 5.77. The fraction of sp³-hybridized carbons (Fsp3) is 0.273.